The molecule has 0 saturated carbocycles. The second kappa shape index (κ2) is 5.60. The molecule has 0 amide bonds. The van der Waals surface area contributed by atoms with E-state index < -0.39 is 0 Å². The molecule has 1 saturated heterocycles. The van der Waals surface area contributed by atoms with E-state index in [1.807, 2.05) is 32.0 Å². The van der Waals surface area contributed by atoms with Gasteiger partial charge in [0.05, 0.1) is 11.4 Å². The molecule has 1 aromatic carbocycles. The molecule has 1 aromatic heterocycles. The van der Waals surface area contributed by atoms with Crippen molar-refractivity contribution in [1.29, 1.82) is 0 Å². The van der Waals surface area contributed by atoms with Crippen LogP contribution in [0.1, 0.15) is 11.5 Å². The minimum atomic E-state index is 0.833. The van der Waals surface area contributed by atoms with Crippen molar-refractivity contribution in [2.75, 3.05) is 41.7 Å². The van der Waals surface area contributed by atoms with Gasteiger partial charge in [-0.25, -0.2) is 9.97 Å². The number of para-hydroxylation sites is 2. The fourth-order valence-corrected chi connectivity index (χ4v) is 2.81. The maximum absolute atomic E-state index is 6.06. The molecule has 3 rings (SSSR count). The highest BCUT2D eigenvalue weighted by Crippen LogP contribution is 2.24. The molecule has 0 spiro atoms. The minimum absolute atomic E-state index is 0.833. The molecule has 1 aliphatic heterocycles. The van der Waals surface area contributed by atoms with Crippen LogP contribution in [-0.2, 0) is 0 Å². The van der Waals surface area contributed by atoms with Gasteiger partial charge in [-0.05, 0) is 26.0 Å². The first-order valence-corrected chi connectivity index (χ1v) is 7.30. The quantitative estimate of drug-likeness (QED) is 0.854. The number of benzene rings is 1. The maximum atomic E-state index is 6.06. The number of nitrogens with zero attached hydrogens (tertiary/aromatic N) is 4. The lowest BCUT2D eigenvalue weighted by molar-refractivity contribution is 0.646. The third-order valence-electron chi connectivity index (χ3n) is 3.83. The number of nitrogens with two attached hydrogens (primary N) is 1. The third-order valence-corrected chi connectivity index (χ3v) is 3.83. The molecule has 0 bridgehead atoms. The van der Waals surface area contributed by atoms with Gasteiger partial charge in [0.25, 0.3) is 0 Å². The largest absolute Gasteiger partial charge is 0.397 e. The molecule has 5 nitrogen and oxygen atoms in total. The van der Waals surface area contributed by atoms with Crippen LogP contribution in [-0.4, -0.2) is 36.1 Å². The van der Waals surface area contributed by atoms with E-state index in [1.54, 1.807) is 0 Å². The Kier molecular flexibility index (Phi) is 3.64. The lowest BCUT2D eigenvalue weighted by atomic mass is 10.2. The molecule has 110 valence electrons. The molecule has 2 N–H and O–H groups in total. The SMILES string of the molecule is Cc1cc(N2CCN(c3ccccc3N)CC2)nc(C)n1. The summed E-state index contributed by atoms with van der Waals surface area (Å²) in [5.74, 6) is 1.86. The van der Waals surface area contributed by atoms with Gasteiger partial charge in [-0.2, -0.15) is 0 Å². The summed E-state index contributed by atoms with van der Waals surface area (Å²) in [6.45, 7) is 7.76. The number of rotatable bonds is 2. The van der Waals surface area contributed by atoms with E-state index in [0.717, 1.165) is 54.9 Å². The fraction of sp³-hybridized carbons (Fsp3) is 0.375. The zero-order chi connectivity index (χ0) is 14.8. The van der Waals surface area contributed by atoms with Crippen molar-refractivity contribution < 1.29 is 0 Å². The highest BCUT2D eigenvalue weighted by atomic mass is 15.3. The number of piperazine rings is 1. The summed E-state index contributed by atoms with van der Waals surface area (Å²) in [5.41, 5.74) is 9.06. The fourth-order valence-electron chi connectivity index (χ4n) is 2.81. The van der Waals surface area contributed by atoms with E-state index in [4.69, 9.17) is 5.73 Å². The van der Waals surface area contributed by atoms with E-state index in [9.17, 15) is 0 Å². The van der Waals surface area contributed by atoms with Crippen LogP contribution in [0, 0.1) is 13.8 Å². The van der Waals surface area contributed by atoms with Crippen molar-refractivity contribution in [2.45, 2.75) is 13.8 Å². The van der Waals surface area contributed by atoms with E-state index in [1.165, 1.54) is 0 Å². The van der Waals surface area contributed by atoms with Crippen LogP contribution in [0.4, 0.5) is 17.2 Å². The van der Waals surface area contributed by atoms with Crippen molar-refractivity contribution in [3.8, 4) is 0 Å². The second-order valence-electron chi connectivity index (χ2n) is 5.45. The predicted octanol–water partition coefficient (Wildman–Crippen LogP) is 2.00. The van der Waals surface area contributed by atoms with Gasteiger partial charge in [0.2, 0.25) is 0 Å². The molecule has 1 aliphatic rings. The highest BCUT2D eigenvalue weighted by molar-refractivity contribution is 5.67. The number of hydrogen-bond donors (Lipinski definition) is 1. The summed E-state index contributed by atoms with van der Waals surface area (Å²) in [4.78, 5) is 13.5. The Hall–Kier alpha value is -2.30. The first-order chi connectivity index (χ1) is 10.1. The van der Waals surface area contributed by atoms with Crippen molar-refractivity contribution in [3.63, 3.8) is 0 Å². The summed E-state index contributed by atoms with van der Waals surface area (Å²) in [5, 5.41) is 0. The van der Waals surface area contributed by atoms with Crippen LogP contribution in [0.25, 0.3) is 0 Å². The maximum Gasteiger partial charge on any atom is 0.132 e. The van der Waals surface area contributed by atoms with Crippen LogP contribution in [0.3, 0.4) is 0 Å². The predicted molar refractivity (Wildman–Crippen MR) is 86.8 cm³/mol. The number of hydrogen-bond acceptors (Lipinski definition) is 5. The number of anilines is 3. The molecule has 21 heavy (non-hydrogen) atoms. The Morgan fingerprint density at radius 1 is 0.952 bits per heavy atom. The Morgan fingerprint density at radius 2 is 1.62 bits per heavy atom. The Labute approximate surface area is 125 Å². The average molecular weight is 283 g/mol. The number of nitrogen functional groups attached to an aromatic ring is 1. The van der Waals surface area contributed by atoms with Gasteiger partial charge in [-0.15, -0.1) is 0 Å². The second-order valence-corrected chi connectivity index (χ2v) is 5.45. The van der Waals surface area contributed by atoms with E-state index in [-0.39, 0.29) is 0 Å². The summed E-state index contributed by atoms with van der Waals surface area (Å²) in [7, 11) is 0. The topological polar surface area (TPSA) is 58.3 Å². The van der Waals surface area contributed by atoms with Gasteiger partial charge in [0.1, 0.15) is 11.6 Å². The Balaban J connectivity index is 1.72. The monoisotopic (exact) mass is 283 g/mol. The molecule has 0 radical (unpaired) electrons. The van der Waals surface area contributed by atoms with Crippen molar-refractivity contribution in [2.24, 2.45) is 0 Å². The Morgan fingerprint density at radius 3 is 2.29 bits per heavy atom. The van der Waals surface area contributed by atoms with Gasteiger partial charge >= 0.3 is 0 Å². The summed E-state index contributed by atoms with van der Waals surface area (Å²) < 4.78 is 0. The average Bonchev–Trinajstić information content (AvgIpc) is 2.47. The molecule has 0 atom stereocenters. The van der Waals surface area contributed by atoms with Crippen LogP contribution in [0.2, 0.25) is 0 Å². The Bertz CT molecular complexity index is 612. The number of aromatic nitrogens is 2. The molecule has 0 aliphatic carbocycles. The van der Waals surface area contributed by atoms with Crippen LogP contribution in [0.15, 0.2) is 30.3 Å². The first kappa shape index (κ1) is 13.7. The standard InChI is InChI=1S/C16H21N5/c1-12-11-16(19-13(2)18-12)21-9-7-20(8-10-21)15-6-4-3-5-14(15)17/h3-6,11H,7-10,17H2,1-2H3. The van der Waals surface area contributed by atoms with E-state index >= 15 is 0 Å². The molecule has 2 aromatic rings. The molecular weight excluding hydrogens is 262 g/mol. The van der Waals surface area contributed by atoms with Gasteiger partial charge in [-0.1, -0.05) is 12.1 Å². The molecular formula is C16H21N5. The zero-order valence-electron chi connectivity index (χ0n) is 12.6. The van der Waals surface area contributed by atoms with Crippen molar-refractivity contribution in [1.82, 2.24) is 9.97 Å². The number of aryl methyl sites for hydroxylation is 2. The third kappa shape index (κ3) is 2.91. The molecule has 1 fully saturated rings. The summed E-state index contributed by atoms with van der Waals surface area (Å²) >= 11 is 0. The van der Waals surface area contributed by atoms with Crippen LogP contribution in [0.5, 0.6) is 0 Å². The van der Waals surface area contributed by atoms with Crippen molar-refractivity contribution >= 4 is 17.2 Å². The zero-order valence-corrected chi connectivity index (χ0v) is 12.6. The van der Waals surface area contributed by atoms with Gasteiger partial charge in [0, 0.05) is 37.9 Å². The van der Waals surface area contributed by atoms with Gasteiger partial charge < -0.3 is 15.5 Å². The van der Waals surface area contributed by atoms with Crippen LogP contribution >= 0.6 is 0 Å². The van der Waals surface area contributed by atoms with E-state index in [0.29, 0.717) is 0 Å². The smallest absolute Gasteiger partial charge is 0.132 e. The highest BCUT2D eigenvalue weighted by Gasteiger charge is 2.19. The minimum Gasteiger partial charge on any atom is -0.397 e. The van der Waals surface area contributed by atoms with E-state index in [2.05, 4.69) is 31.9 Å². The molecule has 0 unspecified atom stereocenters. The lowest BCUT2D eigenvalue weighted by Gasteiger charge is -2.37. The molecule has 2 heterocycles. The summed E-state index contributed by atoms with van der Waals surface area (Å²) in [6, 6.07) is 10.1. The van der Waals surface area contributed by atoms with Gasteiger partial charge in [-0.3, -0.25) is 0 Å². The summed E-state index contributed by atoms with van der Waals surface area (Å²) in [6.07, 6.45) is 0. The first-order valence-electron chi connectivity index (χ1n) is 7.30. The van der Waals surface area contributed by atoms with Crippen molar-refractivity contribution in [3.05, 3.63) is 41.9 Å². The van der Waals surface area contributed by atoms with Gasteiger partial charge in [0.15, 0.2) is 0 Å². The molecule has 5 heteroatoms. The normalized spacial score (nSPS) is 15.3. The van der Waals surface area contributed by atoms with Crippen LogP contribution < -0.4 is 15.5 Å². The lowest BCUT2D eigenvalue weighted by Crippen LogP contribution is -2.47.